The number of imidazole rings is 1. The van der Waals surface area contributed by atoms with Crippen molar-refractivity contribution in [1.29, 1.82) is 0 Å². The average Bonchev–Trinajstić information content (AvgIpc) is 3.25. The number of nitrogens with zero attached hydrogens (tertiary/aromatic N) is 5. The van der Waals surface area contributed by atoms with Crippen LogP contribution in [0.15, 0.2) is 35.2 Å². The van der Waals surface area contributed by atoms with E-state index in [0.29, 0.717) is 30.7 Å². The van der Waals surface area contributed by atoms with Crippen molar-refractivity contribution in [2.75, 3.05) is 18.2 Å². The number of halogens is 4. The quantitative estimate of drug-likeness (QED) is 0.233. The molecule has 4 aromatic rings. The molecule has 2 atom stereocenters. The van der Waals surface area contributed by atoms with Gasteiger partial charge in [0.1, 0.15) is 17.5 Å². The third-order valence-electron chi connectivity index (χ3n) is 8.00. The highest BCUT2D eigenvalue weighted by Crippen LogP contribution is 2.49. The number of rotatable bonds is 9. The van der Waals surface area contributed by atoms with Gasteiger partial charge in [-0.15, -0.1) is 0 Å². The van der Waals surface area contributed by atoms with Crippen molar-refractivity contribution in [3.05, 3.63) is 47.5 Å². The van der Waals surface area contributed by atoms with Crippen LogP contribution in [0.4, 0.5) is 28.9 Å². The van der Waals surface area contributed by atoms with Gasteiger partial charge < -0.3 is 10.1 Å². The monoisotopic (exact) mass is 634 g/mol. The van der Waals surface area contributed by atoms with Crippen LogP contribution in [-0.2, 0) is 32.8 Å². The van der Waals surface area contributed by atoms with Crippen LogP contribution in [0.3, 0.4) is 0 Å². The van der Waals surface area contributed by atoms with Crippen LogP contribution in [0, 0.1) is 12.8 Å². The van der Waals surface area contributed by atoms with E-state index < -0.39 is 58.8 Å². The molecule has 0 spiro atoms. The van der Waals surface area contributed by atoms with Crippen LogP contribution in [-0.4, -0.2) is 57.3 Å². The Morgan fingerprint density at radius 3 is 2.50 bits per heavy atom. The highest BCUT2D eigenvalue weighted by Gasteiger charge is 2.60. The Balaban J connectivity index is 1.49. The predicted octanol–water partition coefficient (Wildman–Crippen LogP) is 5.69. The molecule has 3 aromatic heterocycles. The van der Waals surface area contributed by atoms with Gasteiger partial charge in [0.05, 0.1) is 33.6 Å². The minimum Gasteiger partial charge on any atom is -0.358 e. The van der Waals surface area contributed by atoms with E-state index in [-0.39, 0.29) is 33.1 Å². The van der Waals surface area contributed by atoms with Crippen molar-refractivity contribution < 1.29 is 35.5 Å². The molecule has 44 heavy (non-hydrogen) atoms. The highest BCUT2D eigenvalue weighted by molar-refractivity contribution is 7.90. The van der Waals surface area contributed by atoms with E-state index in [9.17, 15) is 30.8 Å². The summed E-state index contributed by atoms with van der Waals surface area (Å²) in [6.07, 6.45) is -1.91. The first-order valence-electron chi connectivity index (χ1n) is 14.1. The van der Waals surface area contributed by atoms with E-state index in [2.05, 4.69) is 20.4 Å². The Bertz CT molecular complexity index is 1860. The zero-order valence-corrected chi connectivity index (χ0v) is 25.0. The van der Waals surface area contributed by atoms with Gasteiger partial charge in [-0.1, -0.05) is 6.07 Å². The molecule has 0 amide bonds. The molecule has 234 valence electrons. The Kier molecular flexibility index (Phi) is 7.51. The molecule has 2 aliphatic rings. The summed E-state index contributed by atoms with van der Waals surface area (Å²) < 4.78 is 90.5. The Morgan fingerprint density at radius 2 is 1.91 bits per heavy atom. The second-order valence-corrected chi connectivity index (χ2v) is 13.3. The fourth-order valence-electron chi connectivity index (χ4n) is 5.49. The first-order chi connectivity index (χ1) is 20.7. The summed E-state index contributed by atoms with van der Waals surface area (Å²) in [7, 11) is -2.07. The van der Waals surface area contributed by atoms with Crippen molar-refractivity contribution in [2.45, 2.75) is 62.5 Å². The number of benzene rings is 1. The van der Waals surface area contributed by atoms with Crippen molar-refractivity contribution >= 4 is 38.2 Å². The van der Waals surface area contributed by atoms with Crippen molar-refractivity contribution in [2.24, 2.45) is 13.0 Å². The maximum Gasteiger partial charge on any atom is 0.295 e. The molecule has 6 rings (SSSR count). The Morgan fingerprint density at radius 1 is 1.16 bits per heavy atom. The number of anilines is 2. The molecule has 4 heterocycles. The molecule has 15 heteroatoms. The number of nitrogens with one attached hydrogen (secondary N) is 1. The zero-order chi connectivity index (χ0) is 31.6. The van der Waals surface area contributed by atoms with Gasteiger partial charge in [-0.25, -0.2) is 35.9 Å². The number of ether oxygens (including phenoxy) is 1. The third kappa shape index (κ3) is 5.70. The molecule has 2 fully saturated rings. The number of alkyl halides is 4. The minimum atomic E-state index is -3.84. The maximum atomic E-state index is 14.3. The second-order valence-electron chi connectivity index (χ2n) is 11.4. The summed E-state index contributed by atoms with van der Waals surface area (Å²) >= 11 is 0. The van der Waals surface area contributed by atoms with Crippen LogP contribution in [0.5, 0.6) is 0 Å². The van der Waals surface area contributed by atoms with Gasteiger partial charge in [-0.3, -0.25) is 14.0 Å². The van der Waals surface area contributed by atoms with E-state index >= 15 is 0 Å². The zero-order valence-electron chi connectivity index (χ0n) is 24.2. The standard InChI is InChI=1S/C29H30F4N6O4S/c1-15-10-20(37-38(15)2)16-7-8-19(23(11-16)44(3,41)42)35-21-12-17(13-22(40)18-14-29(18,32)33)34-27-25(21)36-28(26(30)31)39(27)24-6-4-5-9-43-24/h7-8,10-12,18,24,26H,4-6,9,13-14H2,1-3H3,(H,34,35). The van der Waals surface area contributed by atoms with Crippen LogP contribution in [0.2, 0.25) is 0 Å². The number of Topliss-reactive ketones (excluding diaryl/α,β-unsaturated/α-hetero) is 1. The number of fused-ring (bicyclic) bond motifs is 1. The third-order valence-corrected chi connectivity index (χ3v) is 9.13. The van der Waals surface area contributed by atoms with Gasteiger partial charge >= 0.3 is 0 Å². The highest BCUT2D eigenvalue weighted by atomic mass is 32.2. The Hall–Kier alpha value is -3.85. The number of carbonyl (C=O) groups is 1. The van der Waals surface area contributed by atoms with Gasteiger partial charge in [0.2, 0.25) is 0 Å². The molecular formula is C29H30F4N6O4S. The Labute approximate surface area is 250 Å². The number of aromatic nitrogens is 5. The fourth-order valence-corrected chi connectivity index (χ4v) is 6.35. The summed E-state index contributed by atoms with van der Waals surface area (Å²) in [6, 6.07) is 7.80. The van der Waals surface area contributed by atoms with Crippen LogP contribution in [0.1, 0.15) is 55.5 Å². The molecule has 1 N–H and O–H groups in total. The molecule has 1 aromatic carbocycles. The fraction of sp³-hybridized carbons (Fsp3) is 0.448. The first-order valence-corrected chi connectivity index (χ1v) is 16.0. The van der Waals surface area contributed by atoms with E-state index in [1.165, 1.54) is 22.8 Å². The summed E-state index contributed by atoms with van der Waals surface area (Å²) in [6.45, 7) is 2.20. The largest absolute Gasteiger partial charge is 0.358 e. The van der Waals surface area contributed by atoms with E-state index in [1.807, 2.05) is 6.92 Å². The smallest absolute Gasteiger partial charge is 0.295 e. The summed E-state index contributed by atoms with van der Waals surface area (Å²) in [4.78, 5) is 21.2. The first kappa shape index (κ1) is 30.2. The predicted molar refractivity (Wildman–Crippen MR) is 153 cm³/mol. The van der Waals surface area contributed by atoms with Gasteiger partial charge in [-0.05, 0) is 50.5 Å². The summed E-state index contributed by atoms with van der Waals surface area (Å²) in [5.74, 6) is -5.85. The number of hydrogen-bond acceptors (Lipinski definition) is 8. The number of sulfone groups is 1. The molecule has 0 bridgehead atoms. The molecule has 0 radical (unpaired) electrons. The lowest BCUT2D eigenvalue weighted by molar-refractivity contribution is -0.121. The molecule has 1 saturated carbocycles. The molecule has 10 nitrogen and oxygen atoms in total. The SMILES string of the molecule is Cc1cc(-c2ccc(Nc3cc(CC(=O)C4CC4(F)F)nc4c3nc(C(F)F)n4C3CCCCO3)c(S(C)(=O)=O)c2)nn1C. The van der Waals surface area contributed by atoms with E-state index in [0.717, 1.165) is 18.4 Å². The molecule has 1 saturated heterocycles. The summed E-state index contributed by atoms with van der Waals surface area (Å²) in [5, 5.41) is 7.42. The normalized spacial score (nSPS) is 19.9. The number of hydrogen-bond donors (Lipinski definition) is 1. The van der Waals surface area contributed by atoms with Gasteiger partial charge in [0.25, 0.3) is 12.3 Å². The lowest BCUT2D eigenvalue weighted by atomic mass is 10.1. The lowest BCUT2D eigenvalue weighted by Gasteiger charge is -2.25. The van der Waals surface area contributed by atoms with Crippen molar-refractivity contribution in [3.63, 3.8) is 0 Å². The van der Waals surface area contributed by atoms with Crippen molar-refractivity contribution in [3.8, 4) is 11.3 Å². The van der Waals surface area contributed by atoms with Crippen LogP contribution >= 0.6 is 0 Å². The number of carbonyl (C=O) groups excluding carboxylic acids is 1. The molecule has 1 aliphatic carbocycles. The molecule has 2 unspecified atom stereocenters. The summed E-state index contributed by atoms with van der Waals surface area (Å²) in [5.41, 5.74) is 2.17. The molecule has 1 aliphatic heterocycles. The van der Waals surface area contributed by atoms with Crippen LogP contribution < -0.4 is 5.32 Å². The number of aryl methyl sites for hydroxylation is 2. The van der Waals surface area contributed by atoms with Crippen molar-refractivity contribution in [1.82, 2.24) is 24.3 Å². The second kappa shape index (κ2) is 10.9. The van der Waals surface area contributed by atoms with Gasteiger partial charge in [0.15, 0.2) is 21.3 Å². The van der Waals surface area contributed by atoms with Gasteiger partial charge in [-0.2, -0.15) is 5.10 Å². The molecular weight excluding hydrogens is 604 g/mol. The van der Waals surface area contributed by atoms with Gasteiger partial charge in [0, 0.05) is 44.0 Å². The number of pyridine rings is 1. The van der Waals surface area contributed by atoms with E-state index in [1.54, 1.807) is 23.9 Å². The minimum absolute atomic E-state index is 0.00805. The average molecular weight is 635 g/mol. The van der Waals surface area contributed by atoms with Crippen LogP contribution in [0.25, 0.3) is 22.4 Å². The lowest BCUT2D eigenvalue weighted by Crippen LogP contribution is -2.21. The maximum absolute atomic E-state index is 14.3. The van der Waals surface area contributed by atoms with E-state index in [4.69, 9.17) is 4.74 Å². The topological polar surface area (TPSA) is 121 Å². The number of ketones is 1.